The number of anilines is 1. The lowest BCUT2D eigenvalue weighted by molar-refractivity contribution is -0.384. The molecule has 8 heteroatoms. The second-order valence-electron chi connectivity index (χ2n) is 6.52. The molecule has 0 atom stereocenters. The molecule has 0 saturated carbocycles. The third-order valence-corrected chi connectivity index (χ3v) is 5.40. The zero-order valence-electron chi connectivity index (χ0n) is 15.6. The number of hydrogen-bond acceptors (Lipinski definition) is 5. The van der Waals surface area contributed by atoms with Gasteiger partial charge in [0.25, 0.3) is 5.69 Å². The number of likely N-dealkylation sites (tertiary alicyclic amines) is 1. The number of amidine groups is 1. The fourth-order valence-corrected chi connectivity index (χ4v) is 3.80. The quantitative estimate of drug-likeness (QED) is 0.350. The van der Waals surface area contributed by atoms with Gasteiger partial charge in [-0.3, -0.25) is 14.9 Å². The summed E-state index contributed by atoms with van der Waals surface area (Å²) in [5.41, 5.74) is 2.11. The van der Waals surface area contributed by atoms with Crippen molar-refractivity contribution in [3.05, 3.63) is 64.2 Å². The van der Waals surface area contributed by atoms with Crippen molar-refractivity contribution < 1.29 is 9.72 Å². The molecule has 1 aliphatic heterocycles. The molecule has 146 valence electrons. The van der Waals surface area contributed by atoms with Crippen molar-refractivity contribution >= 4 is 39.9 Å². The number of nitro groups is 1. The van der Waals surface area contributed by atoms with Crippen molar-refractivity contribution in [1.29, 1.82) is 0 Å². The topological polar surface area (TPSA) is 87.8 Å². The molecule has 2 aromatic carbocycles. The Morgan fingerprint density at radius 1 is 1.21 bits per heavy atom. The van der Waals surface area contributed by atoms with Crippen LogP contribution in [-0.4, -0.2) is 39.7 Å². The SMILES string of the molecule is Cc1cc([N+](=O)[O-])ccc1NC(=O)CSC(=Nc1ccccc1)N1CCCC1. The molecule has 2 aromatic rings. The van der Waals surface area contributed by atoms with Crippen molar-refractivity contribution in [1.82, 2.24) is 4.90 Å². The van der Waals surface area contributed by atoms with E-state index in [0.717, 1.165) is 36.8 Å². The molecular weight excluding hydrogens is 376 g/mol. The first-order chi connectivity index (χ1) is 13.5. The van der Waals surface area contributed by atoms with Crippen LogP contribution in [0.1, 0.15) is 18.4 Å². The average Bonchev–Trinajstić information content (AvgIpc) is 3.22. The highest BCUT2D eigenvalue weighted by molar-refractivity contribution is 8.14. The van der Waals surface area contributed by atoms with E-state index >= 15 is 0 Å². The number of amides is 1. The summed E-state index contributed by atoms with van der Waals surface area (Å²) in [6.45, 7) is 3.63. The van der Waals surface area contributed by atoms with E-state index < -0.39 is 4.92 Å². The molecular formula is C20H22N4O3S. The number of hydrogen-bond donors (Lipinski definition) is 1. The summed E-state index contributed by atoms with van der Waals surface area (Å²) in [5, 5.41) is 14.5. The molecule has 1 aliphatic rings. The van der Waals surface area contributed by atoms with Crippen LogP contribution >= 0.6 is 11.8 Å². The van der Waals surface area contributed by atoms with Gasteiger partial charge in [0.2, 0.25) is 5.91 Å². The van der Waals surface area contributed by atoms with Crippen LogP contribution < -0.4 is 5.32 Å². The molecule has 1 amide bonds. The van der Waals surface area contributed by atoms with E-state index in [9.17, 15) is 14.9 Å². The van der Waals surface area contributed by atoms with E-state index in [4.69, 9.17) is 4.99 Å². The number of para-hydroxylation sites is 1. The predicted molar refractivity (Wildman–Crippen MR) is 113 cm³/mol. The maximum atomic E-state index is 12.4. The smallest absolute Gasteiger partial charge is 0.269 e. The van der Waals surface area contributed by atoms with Crippen molar-refractivity contribution in [2.45, 2.75) is 19.8 Å². The normalized spacial score (nSPS) is 14.2. The third kappa shape index (κ3) is 5.32. The highest BCUT2D eigenvalue weighted by atomic mass is 32.2. The van der Waals surface area contributed by atoms with Gasteiger partial charge in [-0.1, -0.05) is 30.0 Å². The van der Waals surface area contributed by atoms with Gasteiger partial charge >= 0.3 is 0 Å². The van der Waals surface area contributed by atoms with Gasteiger partial charge < -0.3 is 10.2 Å². The summed E-state index contributed by atoms with van der Waals surface area (Å²) in [6.07, 6.45) is 2.26. The number of non-ortho nitro benzene ring substituents is 1. The first kappa shape index (κ1) is 19.9. The van der Waals surface area contributed by atoms with Gasteiger partial charge in [-0.2, -0.15) is 0 Å². The molecule has 28 heavy (non-hydrogen) atoms. The number of aryl methyl sites for hydroxylation is 1. The van der Waals surface area contributed by atoms with Gasteiger partial charge in [-0.05, 0) is 43.5 Å². The Bertz CT molecular complexity index is 880. The Kier molecular flexibility index (Phi) is 6.65. The lowest BCUT2D eigenvalue weighted by Crippen LogP contribution is -2.27. The number of benzene rings is 2. The summed E-state index contributed by atoms with van der Waals surface area (Å²) in [7, 11) is 0. The maximum Gasteiger partial charge on any atom is 0.269 e. The Morgan fingerprint density at radius 3 is 2.57 bits per heavy atom. The maximum absolute atomic E-state index is 12.4. The first-order valence-electron chi connectivity index (χ1n) is 9.09. The lowest BCUT2D eigenvalue weighted by atomic mass is 10.2. The molecule has 1 fully saturated rings. The first-order valence-corrected chi connectivity index (χ1v) is 10.1. The fraction of sp³-hybridized carbons (Fsp3) is 0.300. The number of carbonyl (C=O) groups is 1. The average molecular weight is 398 g/mol. The number of carbonyl (C=O) groups excluding carboxylic acids is 1. The lowest BCUT2D eigenvalue weighted by Gasteiger charge is -2.19. The molecule has 1 N–H and O–H groups in total. The van der Waals surface area contributed by atoms with Crippen molar-refractivity contribution in [2.75, 3.05) is 24.2 Å². The molecule has 0 spiro atoms. The van der Waals surface area contributed by atoms with Gasteiger partial charge in [-0.25, -0.2) is 4.99 Å². The van der Waals surface area contributed by atoms with Gasteiger partial charge in [0.15, 0.2) is 5.17 Å². The summed E-state index contributed by atoms with van der Waals surface area (Å²) in [5.74, 6) is 0.0559. The largest absolute Gasteiger partial charge is 0.351 e. The van der Waals surface area contributed by atoms with Gasteiger partial charge in [0.05, 0.1) is 16.4 Å². The van der Waals surface area contributed by atoms with Crippen molar-refractivity contribution in [3.8, 4) is 0 Å². The molecule has 0 bridgehead atoms. The minimum atomic E-state index is -0.448. The molecule has 0 aliphatic carbocycles. The Hall–Kier alpha value is -2.87. The van der Waals surface area contributed by atoms with E-state index in [1.165, 1.54) is 23.9 Å². The van der Waals surface area contributed by atoms with Crippen LogP contribution in [0, 0.1) is 17.0 Å². The Balaban J connectivity index is 1.65. The zero-order chi connectivity index (χ0) is 19.9. The molecule has 1 heterocycles. The van der Waals surface area contributed by atoms with E-state index in [2.05, 4.69) is 10.2 Å². The Labute approximate surface area is 168 Å². The number of nitro benzene ring substituents is 1. The second-order valence-corrected chi connectivity index (χ2v) is 7.46. The summed E-state index contributed by atoms with van der Waals surface area (Å²) in [4.78, 5) is 29.7. The molecule has 0 aromatic heterocycles. The Morgan fingerprint density at radius 2 is 1.93 bits per heavy atom. The van der Waals surface area contributed by atoms with Crippen LogP contribution in [0.4, 0.5) is 17.1 Å². The molecule has 0 radical (unpaired) electrons. The van der Waals surface area contributed by atoms with E-state index in [0.29, 0.717) is 11.3 Å². The van der Waals surface area contributed by atoms with Crippen molar-refractivity contribution in [3.63, 3.8) is 0 Å². The van der Waals surface area contributed by atoms with Crippen molar-refractivity contribution in [2.24, 2.45) is 4.99 Å². The number of nitrogens with one attached hydrogen (secondary N) is 1. The van der Waals surface area contributed by atoms with Crippen LogP contribution in [0.15, 0.2) is 53.5 Å². The minimum Gasteiger partial charge on any atom is -0.351 e. The van der Waals surface area contributed by atoms with E-state index in [1.54, 1.807) is 13.0 Å². The standard InChI is InChI=1S/C20H22N4O3S/c1-15-13-17(24(26)27)9-10-18(15)22-19(25)14-28-20(23-11-5-6-12-23)21-16-7-3-2-4-8-16/h2-4,7-10,13H,5-6,11-12,14H2,1H3,(H,22,25). The number of rotatable bonds is 5. The number of nitrogens with zero attached hydrogens (tertiary/aromatic N) is 3. The molecule has 0 unspecified atom stereocenters. The monoisotopic (exact) mass is 398 g/mol. The highest BCUT2D eigenvalue weighted by Gasteiger charge is 2.18. The number of aliphatic imine (C=N–C) groups is 1. The van der Waals surface area contributed by atoms with Gasteiger partial charge in [0, 0.05) is 30.9 Å². The second kappa shape index (κ2) is 9.36. The van der Waals surface area contributed by atoms with Crippen LogP contribution in [0.2, 0.25) is 0 Å². The predicted octanol–water partition coefficient (Wildman–Crippen LogP) is 4.36. The summed E-state index contributed by atoms with van der Waals surface area (Å²) >= 11 is 1.41. The molecule has 1 saturated heterocycles. The van der Waals surface area contributed by atoms with Gasteiger partial charge in [0.1, 0.15) is 0 Å². The van der Waals surface area contributed by atoms with Gasteiger partial charge in [-0.15, -0.1) is 0 Å². The highest BCUT2D eigenvalue weighted by Crippen LogP contribution is 2.23. The van der Waals surface area contributed by atoms with Crippen LogP contribution in [0.25, 0.3) is 0 Å². The molecule has 7 nitrogen and oxygen atoms in total. The van der Waals surface area contributed by atoms with E-state index in [-0.39, 0.29) is 17.3 Å². The summed E-state index contributed by atoms with van der Waals surface area (Å²) < 4.78 is 0. The van der Waals surface area contributed by atoms with Crippen LogP contribution in [0.3, 0.4) is 0 Å². The minimum absolute atomic E-state index is 0.0104. The molecule has 3 rings (SSSR count). The van der Waals surface area contributed by atoms with E-state index in [1.807, 2.05) is 30.3 Å². The zero-order valence-corrected chi connectivity index (χ0v) is 16.4. The van der Waals surface area contributed by atoms with Crippen LogP contribution in [0.5, 0.6) is 0 Å². The van der Waals surface area contributed by atoms with Crippen LogP contribution in [-0.2, 0) is 4.79 Å². The fourth-order valence-electron chi connectivity index (χ4n) is 2.93. The third-order valence-electron chi connectivity index (χ3n) is 4.38. The summed E-state index contributed by atoms with van der Waals surface area (Å²) in [6, 6.07) is 14.1. The number of thioether (sulfide) groups is 1.